The van der Waals surface area contributed by atoms with Crippen molar-refractivity contribution >= 4 is 57.0 Å². The molecule has 0 saturated carbocycles. The van der Waals surface area contributed by atoms with Crippen molar-refractivity contribution in [3.8, 4) is 39.6 Å². The number of carbonyl (C=O) groups is 1. The number of likely N-dealkylation sites (tertiary alicyclic amines) is 1. The molecule has 2 aliphatic rings. The van der Waals surface area contributed by atoms with Gasteiger partial charge in [-0.15, -0.1) is 0 Å². The summed E-state index contributed by atoms with van der Waals surface area (Å²) in [5.74, 6) is 1.23. The van der Waals surface area contributed by atoms with E-state index in [0.29, 0.717) is 55.4 Å². The number of nitrogens with zero attached hydrogens (tertiary/aromatic N) is 5. The van der Waals surface area contributed by atoms with E-state index in [4.69, 9.17) is 42.4 Å². The lowest BCUT2D eigenvalue weighted by Gasteiger charge is -2.27. The highest BCUT2D eigenvalue weighted by molar-refractivity contribution is 6.41. The van der Waals surface area contributed by atoms with E-state index in [1.807, 2.05) is 34.9 Å². The molecule has 10 nitrogen and oxygen atoms in total. The van der Waals surface area contributed by atoms with Gasteiger partial charge in [-0.25, -0.2) is 4.98 Å². The fourth-order valence-electron chi connectivity index (χ4n) is 7.26. The molecule has 248 valence electrons. The van der Waals surface area contributed by atoms with Crippen LogP contribution in [0.1, 0.15) is 12.8 Å². The highest BCUT2D eigenvalue weighted by Gasteiger charge is 2.43. The van der Waals surface area contributed by atoms with Gasteiger partial charge in [0.15, 0.2) is 0 Å². The van der Waals surface area contributed by atoms with Crippen LogP contribution in [0.25, 0.3) is 38.9 Å². The molecule has 7 rings (SSSR count). The van der Waals surface area contributed by atoms with Crippen LogP contribution in [-0.2, 0) is 4.79 Å². The lowest BCUT2D eigenvalue weighted by atomic mass is 9.86. The van der Waals surface area contributed by atoms with E-state index in [1.54, 1.807) is 39.8 Å². The van der Waals surface area contributed by atoms with E-state index in [1.165, 1.54) is 12.5 Å². The lowest BCUT2D eigenvalue weighted by Crippen LogP contribution is -2.30. The summed E-state index contributed by atoms with van der Waals surface area (Å²) in [6.45, 7) is 7.66. The summed E-state index contributed by atoms with van der Waals surface area (Å²) in [5.41, 5.74) is 5.98. The Morgan fingerprint density at radius 1 is 0.938 bits per heavy atom. The monoisotopic (exact) mass is 686 g/mol. The van der Waals surface area contributed by atoms with Crippen molar-refractivity contribution in [2.75, 3.05) is 64.8 Å². The smallest absolute Gasteiger partial charge is 0.247 e. The number of nitrogens with one attached hydrogen (secondary N) is 1. The van der Waals surface area contributed by atoms with Gasteiger partial charge in [-0.05, 0) is 50.7 Å². The van der Waals surface area contributed by atoms with Crippen LogP contribution in [0.2, 0.25) is 10.0 Å². The Morgan fingerprint density at radius 3 is 2.33 bits per heavy atom. The van der Waals surface area contributed by atoms with Crippen LogP contribution in [0.4, 0.5) is 11.4 Å². The second-order valence-corrected chi connectivity index (χ2v) is 13.3. The second-order valence-electron chi connectivity index (χ2n) is 12.5. The number of fused-ring (bicyclic) bond motifs is 3. The molecular formula is C36H36Cl2N6O4. The zero-order valence-electron chi connectivity index (χ0n) is 27.3. The molecule has 5 heterocycles. The summed E-state index contributed by atoms with van der Waals surface area (Å²) in [6, 6.07) is 9.55. The highest BCUT2D eigenvalue weighted by atomic mass is 35.5. The Kier molecular flexibility index (Phi) is 8.35. The number of methoxy groups -OCH3 is 3. The third-order valence-corrected chi connectivity index (χ3v) is 10.4. The molecule has 3 aromatic heterocycles. The molecule has 1 spiro atoms. The van der Waals surface area contributed by atoms with E-state index in [-0.39, 0.29) is 11.3 Å². The number of rotatable bonds is 8. The highest BCUT2D eigenvalue weighted by Crippen LogP contribution is 2.48. The standard InChI is InChI=1S/C36H36Cl2N6O4/c1-6-31(45)41-25-14-22(28(46-3)16-27(25)43-11-8-36(20-43)7-10-42(2)19-36)24-15-26-21(18-40-24)13-23(35-39-9-12-44(26)35)32-33(37)29(47-4)17-30(48-5)34(32)38/h6,9,12-18H,1,7-8,10-11,19-20H2,2-5H3,(H,41,45). The maximum atomic E-state index is 12.7. The largest absolute Gasteiger partial charge is 0.496 e. The number of imidazole rings is 1. The first-order valence-electron chi connectivity index (χ1n) is 15.6. The number of ether oxygens (including phenoxy) is 3. The van der Waals surface area contributed by atoms with Gasteiger partial charge >= 0.3 is 0 Å². The summed E-state index contributed by atoms with van der Waals surface area (Å²) >= 11 is 13.6. The zero-order chi connectivity index (χ0) is 33.7. The minimum atomic E-state index is -0.285. The maximum absolute atomic E-state index is 12.7. The molecule has 0 aliphatic carbocycles. The van der Waals surface area contributed by atoms with Gasteiger partial charge < -0.3 is 29.3 Å². The van der Waals surface area contributed by atoms with Gasteiger partial charge in [-0.1, -0.05) is 29.8 Å². The Hall–Kier alpha value is -4.51. The molecule has 2 aliphatic heterocycles. The number of anilines is 2. The molecule has 5 aromatic rings. The summed E-state index contributed by atoms with van der Waals surface area (Å²) < 4.78 is 19.0. The van der Waals surface area contributed by atoms with Gasteiger partial charge in [-0.3, -0.25) is 14.2 Å². The number of pyridine rings is 2. The van der Waals surface area contributed by atoms with Crippen molar-refractivity contribution in [1.82, 2.24) is 19.3 Å². The molecule has 1 atom stereocenters. The summed E-state index contributed by atoms with van der Waals surface area (Å²) in [6.07, 6.45) is 8.94. The third-order valence-electron chi connectivity index (χ3n) is 9.64. The first-order valence-corrected chi connectivity index (χ1v) is 16.4. The third kappa shape index (κ3) is 5.38. The van der Waals surface area contributed by atoms with Crippen molar-refractivity contribution in [2.24, 2.45) is 5.41 Å². The summed E-state index contributed by atoms with van der Waals surface area (Å²) in [5, 5.41) is 4.57. The van der Waals surface area contributed by atoms with Gasteiger partial charge in [0, 0.05) is 77.8 Å². The van der Waals surface area contributed by atoms with Gasteiger partial charge in [0.25, 0.3) is 0 Å². The Morgan fingerprint density at radius 2 is 1.67 bits per heavy atom. The van der Waals surface area contributed by atoms with Crippen LogP contribution < -0.4 is 24.4 Å². The van der Waals surface area contributed by atoms with Gasteiger partial charge in [0.2, 0.25) is 5.91 Å². The van der Waals surface area contributed by atoms with Crippen molar-refractivity contribution < 1.29 is 19.0 Å². The average Bonchev–Trinajstić information content (AvgIpc) is 3.84. The molecule has 0 bridgehead atoms. The van der Waals surface area contributed by atoms with Gasteiger partial charge in [0.05, 0.1) is 54.0 Å². The predicted octanol–water partition coefficient (Wildman–Crippen LogP) is 7.21. The van der Waals surface area contributed by atoms with Crippen LogP contribution in [0, 0.1) is 5.41 Å². The quantitative estimate of drug-likeness (QED) is 0.171. The van der Waals surface area contributed by atoms with Crippen molar-refractivity contribution in [2.45, 2.75) is 12.8 Å². The minimum absolute atomic E-state index is 0.250. The maximum Gasteiger partial charge on any atom is 0.247 e. The Bertz CT molecular complexity index is 2070. The molecule has 1 unspecified atom stereocenters. The first-order chi connectivity index (χ1) is 23.2. The van der Waals surface area contributed by atoms with Gasteiger partial charge in [-0.2, -0.15) is 0 Å². The predicted molar refractivity (Wildman–Crippen MR) is 191 cm³/mol. The van der Waals surface area contributed by atoms with E-state index in [9.17, 15) is 4.79 Å². The second kappa shape index (κ2) is 12.5. The number of amides is 1. The molecule has 12 heteroatoms. The van der Waals surface area contributed by atoms with Crippen molar-refractivity contribution in [3.63, 3.8) is 0 Å². The summed E-state index contributed by atoms with van der Waals surface area (Å²) in [7, 11) is 6.92. The Balaban J connectivity index is 1.36. The topological polar surface area (TPSA) is 93.5 Å². The Labute approximate surface area is 288 Å². The van der Waals surface area contributed by atoms with Crippen molar-refractivity contribution in [3.05, 3.63) is 71.6 Å². The number of hydrogen-bond acceptors (Lipinski definition) is 8. The van der Waals surface area contributed by atoms with Gasteiger partial charge in [0.1, 0.15) is 22.9 Å². The molecule has 2 aromatic carbocycles. The first kappa shape index (κ1) is 32.1. The number of halogens is 2. The molecule has 2 saturated heterocycles. The minimum Gasteiger partial charge on any atom is -0.496 e. The van der Waals surface area contributed by atoms with Crippen molar-refractivity contribution in [1.29, 1.82) is 0 Å². The lowest BCUT2D eigenvalue weighted by molar-refractivity contribution is -0.111. The number of benzene rings is 2. The SMILES string of the molecule is C=CC(=O)Nc1cc(-c2cc3c(cn2)cc(-c2c(Cl)c(OC)cc(OC)c2Cl)c2nccn23)c(OC)cc1N1CCC2(CCN(C)C2)C1. The zero-order valence-corrected chi connectivity index (χ0v) is 28.8. The molecule has 1 amide bonds. The van der Waals surface area contributed by atoms with Crippen LogP contribution in [-0.4, -0.2) is 79.7 Å². The van der Waals surface area contributed by atoms with Crippen LogP contribution in [0.15, 0.2) is 61.6 Å². The van der Waals surface area contributed by atoms with E-state index in [0.717, 1.165) is 54.8 Å². The number of hydrogen-bond donors (Lipinski definition) is 1. The van der Waals surface area contributed by atoms with E-state index < -0.39 is 0 Å². The fraction of sp³-hybridized carbons (Fsp3) is 0.306. The van der Waals surface area contributed by atoms with E-state index in [2.05, 4.69) is 33.7 Å². The molecular weight excluding hydrogens is 651 g/mol. The summed E-state index contributed by atoms with van der Waals surface area (Å²) in [4.78, 5) is 27.0. The fourth-order valence-corrected chi connectivity index (χ4v) is 7.97. The van der Waals surface area contributed by atoms with Crippen LogP contribution >= 0.6 is 23.2 Å². The van der Waals surface area contributed by atoms with Crippen LogP contribution in [0.5, 0.6) is 17.2 Å². The van der Waals surface area contributed by atoms with E-state index >= 15 is 0 Å². The normalized spacial score (nSPS) is 17.8. The number of aromatic nitrogens is 3. The number of carbonyl (C=O) groups excluding carboxylic acids is 1. The van der Waals surface area contributed by atoms with Crippen LogP contribution in [0.3, 0.4) is 0 Å². The molecule has 1 N–H and O–H groups in total. The molecule has 0 radical (unpaired) electrons. The molecule has 48 heavy (non-hydrogen) atoms. The molecule has 2 fully saturated rings. The average molecular weight is 688 g/mol.